The first kappa shape index (κ1) is 16.4. The van der Waals surface area contributed by atoms with Crippen molar-refractivity contribution in [1.29, 1.82) is 0 Å². The molecule has 0 atom stereocenters. The molecule has 1 aromatic carbocycles. The van der Waals surface area contributed by atoms with Crippen LogP contribution in [0.3, 0.4) is 0 Å². The van der Waals surface area contributed by atoms with E-state index in [1.807, 2.05) is 0 Å². The molecular formula is C13H11F5INO. The Hall–Kier alpha value is -0.930. The summed E-state index contributed by atoms with van der Waals surface area (Å²) in [6, 6.07) is 3.06. The molecule has 116 valence electrons. The van der Waals surface area contributed by atoms with Gasteiger partial charge in [-0.2, -0.15) is 13.2 Å². The first-order valence-electron chi connectivity index (χ1n) is 6.14. The molecule has 1 aliphatic rings. The number of hydrogen-bond donors (Lipinski definition) is 0. The van der Waals surface area contributed by atoms with Gasteiger partial charge in [-0.3, -0.25) is 4.79 Å². The van der Waals surface area contributed by atoms with Crippen molar-refractivity contribution in [3.63, 3.8) is 0 Å². The zero-order valence-electron chi connectivity index (χ0n) is 10.7. The highest BCUT2D eigenvalue weighted by molar-refractivity contribution is 14.1. The Labute approximate surface area is 131 Å². The molecule has 0 radical (unpaired) electrons. The second-order valence-corrected chi connectivity index (χ2v) is 6.00. The zero-order valence-corrected chi connectivity index (χ0v) is 12.8. The van der Waals surface area contributed by atoms with E-state index in [0.717, 1.165) is 18.2 Å². The number of hydrogen-bond acceptors (Lipinski definition) is 1. The molecule has 0 spiro atoms. The summed E-state index contributed by atoms with van der Waals surface area (Å²) in [5.74, 6) is -3.29. The van der Waals surface area contributed by atoms with E-state index in [1.165, 1.54) is 27.5 Å². The van der Waals surface area contributed by atoms with Gasteiger partial charge in [0.15, 0.2) is 0 Å². The molecule has 8 heteroatoms. The van der Waals surface area contributed by atoms with Gasteiger partial charge in [0.2, 0.25) is 0 Å². The standard InChI is InChI=1S/C13H11F5INO/c14-12(15)3-5-20(6-4-12)11(21)8-1-2-9(10(19)7-8)13(16,17)18/h1-2,7H,3-6H2. The van der Waals surface area contributed by atoms with Crippen LogP contribution in [0, 0.1) is 3.57 Å². The third kappa shape index (κ3) is 3.83. The van der Waals surface area contributed by atoms with Crippen LogP contribution in [0.5, 0.6) is 0 Å². The minimum atomic E-state index is -4.48. The molecule has 1 amide bonds. The third-order valence-electron chi connectivity index (χ3n) is 3.30. The second kappa shape index (κ2) is 5.69. The van der Waals surface area contributed by atoms with Crippen LogP contribution in [0.25, 0.3) is 0 Å². The SMILES string of the molecule is O=C(c1ccc(C(F)(F)F)c(I)c1)N1CCC(F)(F)CC1. The summed E-state index contributed by atoms with van der Waals surface area (Å²) >= 11 is 1.51. The highest BCUT2D eigenvalue weighted by Gasteiger charge is 2.36. The summed E-state index contributed by atoms with van der Waals surface area (Å²) in [5.41, 5.74) is -0.734. The van der Waals surface area contributed by atoms with Crippen LogP contribution in [0.4, 0.5) is 22.0 Å². The lowest BCUT2D eigenvalue weighted by Gasteiger charge is -2.31. The third-order valence-corrected chi connectivity index (χ3v) is 4.20. The Morgan fingerprint density at radius 3 is 2.24 bits per heavy atom. The molecule has 2 rings (SSSR count). The van der Waals surface area contributed by atoms with Gasteiger partial charge in [0.25, 0.3) is 11.8 Å². The number of nitrogens with zero attached hydrogens (tertiary/aromatic N) is 1. The van der Waals surface area contributed by atoms with Gasteiger partial charge in [0, 0.05) is 35.1 Å². The largest absolute Gasteiger partial charge is 0.417 e. The van der Waals surface area contributed by atoms with Gasteiger partial charge < -0.3 is 4.90 Å². The van der Waals surface area contributed by atoms with E-state index in [0.29, 0.717) is 0 Å². The van der Waals surface area contributed by atoms with Crippen LogP contribution in [0.1, 0.15) is 28.8 Å². The van der Waals surface area contributed by atoms with Crippen molar-refractivity contribution < 1.29 is 26.7 Å². The smallest absolute Gasteiger partial charge is 0.338 e. The lowest BCUT2D eigenvalue weighted by Crippen LogP contribution is -2.42. The fraction of sp³-hybridized carbons (Fsp3) is 0.462. The van der Waals surface area contributed by atoms with E-state index >= 15 is 0 Å². The molecule has 0 N–H and O–H groups in total. The monoisotopic (exact) mass is 419 g/mol. The average molecular weight is 419 g/mol. The van der Waals surface area contributed by atoms with Crippen LogP contribution in [-0.2, 0) is 6.18 Å². The van der Waals surface area contributed by atoms with E-state index in [-0.39, 0.29) is 22.2 Å². The average Bonchev–Trinajstić information content (AvgIpc) is 2.36. The Kier molecular flexibility index (Phi) is 4.46. The summed E-state index contributed by atoms with van der Waals surface area (Å²) in [7, 11) is 0. The second-order valence-electron chi connectivity index (χ2n) is 4.84. The molecule has 0 bridgehead atoms. The maximum absolute atomic E-state index is 13.0. The Morgan fingerprint density at radius 1 is 1.19 bits per heavy atom. The summed E-state index contributed by atoms with van der Waals surface area (Å²) in [6.07, 6.45) is -5.32. The Morgan fingerprint density at radius 2 is 1.76 bits per heavy atom. The maximum atomic E-state index is 13.0. The molecule has 1 heterocycles. The first-order chi connectivity index (χ1) is 9.60. The summed E-state index contributed by atoms with van der Waals surface area (Å²) in [5, 5.41) is 0. The molecule has 0 saturated carbocycles. The normalized spacial score (nSPS) is 18.7. The molecule has 0 aliphatic carbocycles. The number of halogens is 6. The van der Waals surface area contributed by atoms with E-state index < -0.39 is 36.4 Å². The minimum Gasteiger partial charge on any atom is -0.338 e. The minimum absolute atomic E-state index is 0.0811. The number of carbonyl (C=O) groups is 1. The van der Waals surface area contributed by atoms with E-state index in [4.69, 9.17) is 0 Å². The lowest BCUT2D eigenvalue weighted by molar-refractivity contribution is -0.138. The molecule has 21 heavy (non-hydrogen) atoms. The van der Waals surface area contributed by atoms with Crippen LogP contribution in [-0.4, -0.2) is 29.8 Å². The van der Waals surface area contributed by atoms with E-state index in [1.54, 1.807) is 0 Å². The fourth-order valence-electron chi connectivity index (χ4n) is 2.10. The van der Waals surface area contributed by atoms with Crippen molar-refractivity contribution in [2.75, 3.05) is 13.1 Å². The zero-order chi connectivity index (χ0) is 15.8. The van der Waals surface area contributed by atoms with Crippen LogP contribution in [0.15, 0.2) is 18.2 Å². The molecular weight excluding hydrogens is 408 g/mol. The van der Waals surface area contributed by atoms with Crippen molar-refractivity contribution in [3.8, 4) is 0 Å². The van der Waals surface area contributed by atoms with Crippen molar-refractivity contribution in [3.05, 3.63) is 32.9 Å². The van der Waals surface area contributed by atoms with Gasteiger partial charge in [-0.25, -0.2) is 8.78 Å². The number of amides is 1. The molecule has 1 saturated heterocycles. The van der Waals surface area contributed by atoms with Crippen molar-refractivity contribution in [2.24, 2.45) is 0 Å². The maximum Gasteiger partial charge on any atom is 0.417 e. The molecule has 2 nitrogen and oxygen atoms in total. The molecule has 0 unspecified atom stereocenters. The highest BCUT2D eigenvalue weighted by atomic mass is 127. The van der Waals surface area contributed by atoms with E-state index in [2.05, 4.69) is 0 Å². The van der Waals surface area contributed by atoms with Crippen LogP contribution >= 0.6 is 22.6 Å². The predicted molar refractivity (Wildman–Crippen MR) is 74.2 cm³/mol. The number of alkyl halides is 5. The quantitative estimate of drug-likeness (QED) is 0.494. The Bertz CT molecular complexity index is 548. The number of likely N-dealkylation sites (tertiary alicyclic amines) is 1. The fourth-order valence-corrected chi connectivity index (χ4v) is 2.92. The number of piperidine rings is 1. The summed E-state index contributed by atoms with van der Waals surface area (Å²) in [4.78, 5) is 13.4. The molecule has 1 aromatic rings. The molecule has 1 aliphatic heterocycles. The summed E-state index contributed by atoms with van der Waals surface area (Å²) < 4.78 is 63.9. The van der Waals surface area contributed by atoms with Crippen molar-refractivity contribution >= 4 is 28.5 Å². The van der Waals surface area contributed by atoms with Crippen LogP contribution in [0.2, 0.25) is 0 Å². The Balaban J connectivity index is 2.16. The molecule has 1 fully saturated rings. The summed E-state index contributed by atoms with van der Waals surface area (Å²) in [6.45, 7) is -0.188. The van der Waals surface area contributed by atoms with Gasteiger partial charge >= 0.3 is 6.18 Å². The van der Waals surface area contributed by atoms with Gasteiger partial charge in [-0.05, 0) is 40.8 Å². The van der Waals surface area contributed by atoms with Gasteiger partial charge in [-0.15, -0.1) is 0 Å². The van der Waals surface area contributed by atoms with E-state index in [9.17, 15) is 26.7 Å². The number of benzene rings is 1. The lowest BCUT2D eigenvalue weighted by atomic mass is 10.0. The molecule has 0 aromatic heterocycles. The predicted octanol–water partition coefficient (Wildman–Crippen LogP) is 4.18. The van der Waals surface area contributed by atoms with Crippen LogP contribution < -0.4 is 0 Å². The number of carbonyl (C=O) groups excluding carboxylic acids is 1. The first-order valence-corrected chi connectivity index (χ1v) is 7.22. The van der Waals surface area contributed by atoms with Gasteiger partial charge in [0.1, 0.15) is 0 Å². The van der Waals surface area contributed by atoms with Crippen molar-refractivity contribution in [2.45, 2.75) is 24.9 Å². The number of rotatable bonds is 1. The highest BCUT2D eigenvalue weighted by Crippen LogP contribution is 2.34. The van der Waals surface area contributed by atoms with Gasteiger partial charge in [0.05, 0.1) is 5.56 Å². The van der Waals surface area contributed by atoms with Crippen molar-refractivity contribution in [1.82, 2.24) is 4.90 Å². The van der Waals surface area contributed by atoms with Gasteiger partial charge in [-0.1, -0.05) is 0 Å². The topological polar surface area (TPSA) is 20.3 Å².